The van der Waals surface area contributed by atoms with E-state index in [1.165, 1.54) is 116 Å². The van der Waals surface area contributed by atoms with Crippen LogP contribution in [-0.2, 0) is 5.41 Å². The van der Waals surface area contributed by atoms with E-state index in [1.807, 2.05) is 12.1 Å². The Bertz CT molecular complexity index is 3990. The minimum absolute atomic E-state index is 0.0695. The monoisotopic (exact) mass is 1010 g/mol. The van der Waals surface area contributed by atoms with Crippen molar-refractivity contribution in [3.63, 3.8) is 0 Å². The highest BCUT2D eigenvalue weighted by atomic mass is 15.1. The minimum atomic E-state index is 0.0695. The predicted octanol–water partition coefficient (Wildman–Crippen LogP) is 20.2. The maximum Gasteiger partial charge on any atom is 0.0541 e. The molecule has 16 rings (SSSR count). The van der Waals surface area contributed by atoms with E-state index < -0.39 is 0 Å². The SMILES string of the molecule is c1ccc(-c2ccc(C(c3ccc(-c4ccc(-c5ccc(N(c6ccccc6)c6ccc(-n7c8ccccc8c8ccccc87)cc6)cc5)cc4)cc3)c3ccc(-c4ccc(C56CC7CC(CC(C7)C5)C6)cc4)cc3)cc2)cc#1. The van der Waals surface area contributed by atoms with Gasteiger partial charge in [0, 0.05) is 39.4 Å². The van der Waals surface area contributed by atoms with Crippen molar-refractivity contribution in [1.82, 2.24) is 4.57 Å². The Morgan fingerprint density at radius 1 is 0.354 bits per heavy atom. The summed E-state index contributed by atoms with van der Waals surface area (Å²) in [4.78, 5) is 2.34. The topological polar surface area (TPSA) is 8.17 Å². The van der Waals surface area contributed by atoms with Crippen molar-refractivity contribution in [2.24, 2.45) is 17.8 Å². The van der Waals surface area contributed by atoms with Crippen LogP contribution in [0.4, 0.5) is 17.1 Å². The summed E-state index contributed by atoms with van der Waals surface area (Å²) >= 11 is 0. The number of nitrogens with zero attached hydrogens (tertiary/aromatic N) is 2. The van der Waals surface area contributed by atoms with Crippen molar-refractivity contribution < 1.29 is 0 Å². The number of benzene rings is 10. The molecule has 4 bridgehead atoms. The molecule has 0 saturated heterocycles. The van der Waals surface area contributed by atoms with Crippen LogP contribution in [0.15, 0.2) is 267 Å². The molecule has 0 amide bonds. The van der Waals surface area contributed by atoms with Gasteiger partial charge in [0.05, 0.1) is 11.0 Å². The van der Waals surface area contributed by atoms with E-state index in [0.717, 1.165) is 46.1 Å². The van der Waals surface area contributed by atoms with Crippen molar-refractivity contribution in [2.45, 2.75) is 49.9 Å². The van der Waals surface area contributed by atoms with Gasteiger partial charge in [-0.3, -0.25) is 0 Å². The highest BCUT2D eigenvalue weighted by Crippen LogP contribution is 2.61. The van der Waals surface area contributed by atoms with Gasteiger partial charge in [0.2, 0.25) is 0 Å². The van der Waals surface area contributed by atoms with Crippen LogP contribution >= 0.6 is 0 Å². The van der Waals surface area contributed by atoms with Crippen molar-refractivity contribution in [3.05, 3.63) is 301 Å². The second kappa shape index (κ2) is 19.7. The standard InChI is InChI=1S/C77H60N2/c1-3-11-56(12-4-1)57-23-29-64(30-24-57)76(66-33-27-61(28-34-66)62-35-39-67(40-36-62)77-50-53-47-54(51-77)49-55(48-53)52-77)65-31-25-60(26-32-65)58-19-21-59(22-20-58)63-37-41-69(42-38-63)78(68-13-5-2-6-14-68)70-43-45-71(46-44-70)79-74-17-9-7-15-72(74)73-16-8-10-18-75(73)79/h2-3,5-46,53-55,76H,47-52H2. The molecular formula is C77H60N2. The number of aromatic nitrogens is 1. The number of hydrogen-bond donors (Lipinski definition) is 0. The summed E-state index contributed by atoms with van der Waals surface area (Å²) in [6.45, 7) is 0. The van der Waals surface area contributed by atoms with Gasteiger partial charge in [0.1, 0.15) is 0 Å². The smallest absolute Gasteiger partial charge is 0.0541 e. The van der Waals surface area contributed by atoms with Crippen LogP contribution in [0.5, 0.6) is 0 Å². The van der Waals surface area contributed by atoms with Crippen LogP contribution in [0.3, 0.4) is 0 Å². The summed E-state index contributed by atoms with van der Waals surface area (Å²) in [6, 6.07) is 105. The molecule has 0 aliphatic heterocycles. The van der Waals surface area contributed by atoms with Crippen molar-refractivity contribution in [3.8, 4) is 50.2 Å². The minimum Gasteiger partial charge on any atom is -0.311 e. The van der Waals surface area contributed by atoms with Crippen LogP contribution in [-0.4, -0.2) is 4.57 Å². The lowest BCUT2D eigenvalue weighted by Crippen LogP contribution is -2.48. The Balaban J connectivity index is 0.681. The normalized spacial score (nSPS) is 18.6. The Labute approximate surface area is 464 Å². The first-order valence-corrected chi connectivity index (χ1v) is 28.5. The van der Waals surface area contributed by atoms with Crippen LogP contribution in [0, 0.1) is 29.9 Å². The van der Waals surface area contributed by atoms with E-state index >= 15 is 0 Å². The zero-order chi connectivity index (χ0) is 52.3. The first-order valence-electron chi connectivity index (χ1n) is 28.5. The lowest BCUT2D eigenvalue weighted by atomic mass is 9.48. The first-order chi connectivity index (χ1) is 39.1. The Kier molecular flexibility index (Phi) is 11.7. The summed E-state index contributed by atoms with van der Waals surface area (Å²) in [5.74, 6) is 2.92. The third-order valence-corrected chi connectivity index (χ3v) is 18.2. The molecule has 378 valence electrons. The number of rotatable bonds is 12. The van der Waals surface area contributed by atoms with Gasteiger partial charge < -0.3 is 9.47 Å². The van der Waals surface area contributed by atoms with Gasteiger partial charge in [-0.25, -0.2) is 0 Å². The summed E-state index contributed by atoms with van der Waals surface area (Å²) in [5, 5.41) is 2.53. The Morgan fingerprint density at radius 3 is 1.19 bits per heavy atom. The lowest BCUT2D eigenvalue weighted by Gasteiger charge is -2.57. The van der Waals surface area contributed by atoms with Gasteiger partial charge >= 0.3 is 0 Å². The fraction of sp³-hybridized carbons (Fsp3) is 0.143. The first kappa shape index (κ1) is 47.1. The molecule has 4 saturated carbocycles. The molecular weight excluding hydrogens is 953 g/mol. The summed E-state index contributed by atoms with van der Waals surface area (Å²) in [6.07, 6.45) is 8.66. The highest BCUT2D eigenvalue weighted by Gasteiger charge is 2.51. The van der Waals surface area contributed by atoms with Gasteiger partial charge in [-0.2, -0.15) is 0 Å². The number of hydrogen-bond acceptors (Lipinski definition) is 1. The molecule has 1 atom stereocenters. The van der Waals surface area contributed by atoms with Gasteiger partial charge in [-0.15, -0.1) is 0 Å². The number of para-hydroxylation sites is 3. The molecule has 0 spiro atoms. The lowest BCUT2D eigenvalue weighted by molar-refractivity contribution is -0.00518. The maximum atomic E-state index is 3.13. The van der Waals surface area contributed by atoms with E-state index in [-0.39, 0.29) is 5.92 Å². The van der Waals surface area contributed by atoms with Gasteiger partial charge in [-0.1, -0.05) is 200 Å². The number of anilines is 3. The fourth-order valence-corrected chi connectivity index (χ4v) is 14.8. The van der Waals surface area contributed by atoms with Crippen LogP contribution in [0.25, 0.3) is 72.0 Å². The summed E-state index contributed by atoms with van der Waals surface area (Å²) in [7, 11) is 0. The maximum absolute atomic E-state index is 3.13. The van der Waals surface area contributed by atoms with Crippen LogP contribution in [0.2, 0.25) is 0 Å². The van der Waals surface area contributed by atoms with Crippen LogP contribution in [0.1, 0.15) is 66.7 Å². The van der Waals surface area contributed by atoms with E-state index in [1.54, 1.807) is 5.56 Å². The zero-order valence-electron chi connectivity index (χ0n) is 44.3. The molecule has 4 aliphatic carbocycles. The van der Waals surface area contributed by atoms with E-state index in [0.29, 0.717) is 5.41 Å². The highest BCUT2D eigenvalue weighted by molar-refractivity contribution is 6.09. The zero-order valence-corrected chi connectivity index (χ0v) is 44.3. The fourth-order valence-electron chi connectivity index (χ4n) is 14.8. The molecule has 2 nitrogen and oxygen atoms in total. The van der Waals surface area contributed by atoms with E-state index in [9.17, 15) is 0 Å². The van der Waals surface area contributed by atoms with Crippen LogP contribution < -0.4 is 4.90 Å². The average molecular weight is 1010 g/mol. The molecule has 1 aromatic heterocycles. The molecule has 4 fully saturated rings. The van der Waals surface area contributed by atoms with Crippen molar-refractivity contribution >= 4 is 38.9 Å². The summed E-state index contributed by atoms with van der Waals surface area (Å²) < 4.78 is 2.37. The van der Waals surface area contributed by atoms with E-state index in [4.69, 9.17) is 0 Å². The largest absolute Gasteiger partial charge is 0.311 e. The quantitative estimate of drug-likeness (QED) is 0.111. The molecule has 79 heavy (non-hydrogen) atoms. The molecule has 0 radical (unpaired) electrons. The Morgan fingerprint density at radius 2 is 0.734 bits per heavy atom. The second-order valence-electron chi connectivity index (χ2n) is 23.0. The van der Waals surface area contributed by atoms with Crippen molar-refractivity contribution in [1.29, 1.82) is 0 Å². The predicted molar refractivity (Wildman–Crippen MR) is 329 cm³/mol. The Hall–Kier alpha value is -9.16. The molecule has 12 aromatic rings. The third-order valence-electron chi connectivity index (χ3n) is 18.2. The molecule has 4 aliphatic rings. The molecule has 1 heterocycles. The summed E-state index contributed by atoms with van der Waals surface area (Å²) in [5.41, 5.74) is 22.4. The molecule has 2 heteroatoms. The molecule has 1 unspecified atom stereocenters. The molecule has 11 aromatic carbocycles. The average Bonchev–Trinajstić information content (AvgIpc) is 4.09. The second-order valence-corrected chi connectivity index (χ2v) is 23.0. The van der Waals surface area contributed by atoms with Crippen molar-refractivity contribution in [2.75, 3.05) is 4.90 Å². The third kappa shape index (κ3) is 8.72. The van der Waals surface area contributed by atoms with Gasteiger partial charge in [0.25, 0.3) is 0 Å². The van der Waals surface area contributed by atoms with Gasteiger partial charge in [-0.05, 0) is 207 Å². The number of fused-ring (bicyclic) bond motifs is 3. The van der Waals surface area contributed by atoms with Gasteiger partial charge in [0.15, 0.2) is 0 Å². The van der Waals surface area contributed by atoms with E-state index in [2.05, 4.69) is 276 Å². The molecule has 0 N–H and O–H groups in total.